The predicted molar refractivity (Wildman–Crippen MR) is 182 cm³/mol. The number of aromatic nitrogens is 2. The molecule has 1 aromatic heterocycles. The Morgan fingerprint density at radius 3 is 2.68 bits per heavy atom. The topological polar surface area (TPSA) is 107 Å². The molecule has 3 N–H and O–H groups in total. The Hall–Kier alpha value is -4.33. The van der Waals surface area contributed by atoms with Crippen LogP contribution in [0.1, 0.15) is 74.3 Å². The maximum atomic E-state index is 13.0. The van der Waals surface area contributed by atoms with Gasteiger partial charge in [-0.15, -0.1) is 0 Å². The highest BCUT2D eigenvalue weighted by molar-refractivity contribution is 5.44. The Balaban J connectivity index is 0.933. The zero-order valence-corrected chi connectivity index (χ0v) is 27.3. The molecule has 2 heterocycles. The van der Waals surface area contributed by atoms with E-state index in [1.165, 1.54) is 15.3 Å². The summed E-state index contributed by atoms with van der Waals surface area (Å²) in [5.41, 5.74) is 3.89. The summed E-state index contributed by atoms with van der Waals surface area (Å²) in [6.45, 7) is 7.20. The van der Waals surface area contributed by atoms with Crippen LogP contribution in [0.5, 0.6) is 11.6 Å². The minimum Gasteiger partial charge on any atom is -0.493 e. The number of aliphatic hydroxyl groups is 1. The van der Waals surface area contributed by atoms with E-state index in [-0.39, 0.29) is 11.6 Å². The molecule has 1 atom stereocenters. The summed E-state index contributed by atoms with van der Waals surface area (Å²) in [7, 11) is 0. The van der Waals surface area contributed by atoms with Gasteiger partial charge in [-0.2, -0.15) is 0 Å². The summed E-state index contributed by atoms with van der Waals surface area (Å²) >= 11 is 0. The van der Waals surface area contributed by atoms with Crippen molar-refractivity contribution in [2.75, 3.05) is 26.3 Å². The number of aliphatic hydroxyl groups excluding tert-OH is 1. The summed E-state index contributed by atoms with van der Waals surface area (Å²) in [5, 5.41) is 24.3. The lowest BCUT2D eigenvalue weighted by atomic mass is 10.0. The predicted octanol–water partition coefficient (Wildman–Crippen LogP) is 5.68. The molecule has 4 aromatic rings. The first kappa shape index (κ1) is 34.0. The molecule has 1 aliphatic rings. The van der Waals surface area contributed by atoms with E-state index in [1.807, 2.05) is 86.6 Å². The number of benzene rings is 3. The Morgan fingerprint density at radius 1 is 1.00 bits per heavy atom. The Labute approximate surface area is 276 Å². The minimum atomic E-state index is -0.624. The van der Waals surface area contributed by atoms with E-state index in [1.54, 1.807) is 0 Å². The van der Waals surface area contributed by atoms with Gasteiger partial charge in [0.2, 0.25) is 11.7 Å². The maximum absolute atomic E-state index is 13.0. The lowest BCUT2D eigenvalue weighted by molar-refractivity contribution is -0.180. The van der Waals surface area contributed by atoms with Gasteiger partial charge < -0.3 is 29.7 Å². The van der Waals surface area contributed by atoms with Crippen molar-refractivity contribution in [3.63, 3.8) is 0 Å². The van der Waals surface area contributed by atoms with E-state index in [9.17, 15) is 15.0 Å². The third-order valence-corrected chi connectivity index (χ3v) is 8.00. The fraction of sp³-hybridized carbons (Fsp3) is 0.395. The number of hydrogen-bond acceptors (Lipinski definition) is 7. The normalized spacial score (nSPS) is 14.1. The van der Waals surface area contributed by atoms with Crippen molar-refractivity contribution in [3.8, 4) is 29.2 Å². The van der Waals surface area contributed by atoms with E-state index in [0.29, 0.717) is 45.0 Å². The van der Waals surface area contributed by atoms with Crippen LogP contribution in [0.2, 0.25) is 0 Å². The van der Waals surface area contributed by atoms with Gasteiger partial charge in [0.05, 0.1) is 37.7 Å². The lowest BCUT2D eigenvalue weighted by Gasteiger charge is -2.33. The second-order valence-corrected chi connectivity index (χ2v) is 12.2. The van der Waals surface area contributed by atoms with Gasteiger partial charge in [0, 0.05) is 44.5 Å². The molecule has 0 saturated carbocycles. The number of aromatic hydroxyl groups is 1. The molecule has 9 heteroatoms. The van der Waals surface area contributed by atoms with Gasteiger partial charge in [0.25, 0.3) is 0 Å². The van der Waals surface area contributed by atoms with Crippen molar-refractivity contribution in [1.82, 2.24) is 14.5 Å². The van der Waals surface area contributed by atoms with Crippen molar-refractivity contribution in [1.29, 1.82) is 0 Å². The fourth-order valence-electron chi connectivity index (χ4n) is 5.42. The van der Waals surface area contributed by atoms with Gasteiger partial charge in [-0.1, -0.05) is 67.1 Å². The quantitative estimate of drug-likeness (QED) is 0.114. The summed E-state index contributed by atoms with van der Waals surface area (Å²) in [6, 6.07) is 22.8. The van der Waals surface area contributed by atoms with E-state index >= 15 is 0 Å². The van der Waals surface area contributed by atoms with Gasteiger partial charge in [0.15, 0.2) is 0 Å². The average Bonchev–Trinajstić information content (AvgIpc) is 3.35. The average molecular weight is 640 g/mol. The van der Waals surface area contributed by atoms with Crippen LogP contribution in [-0.2, 0) is 22.6 Å². The molecule has 0 amide bonds. The first-order valence-corrected chi connectivity index (χ1v) is 16.4. The van der Waals surface area contributed by atoms with Crippen molar-refractivity contribution >= 4 is 0 Å². The third-order valence-electron chi connectivity index (χ3n) is 8.00. The maximum Gasteiger partial charge on any atom is 0.335 e. The molecular weight excluding hydrogens is 594 g/mol. The van der Waals surface area contributed by atoms with Gasteiger partial charge in [-0.25, -0.2) is 4.79 Å². The number of imidazole rings is 1. The molecule has 3 aromatic carbocycles. The number of nitrogens with one attached hydrogen (secondary N) is 1. The smallest absolute Gasteiger partial charge is 0.335 e. The second-order valence-electron chi connectivity index (χ2n) is 12.2. The number of unbranched alkanes of at least 4 members (excludes halogenated alkanes) is 3. The molecule has 5 rings (SSSR count). The zero-order valence-electron chi connectivity index (χ0n) is 27.3. The van der Waals surface area contributed by atoms with Gasteiger partial charge in [-0.05, 0) is 60.8 Å². The largest absolute Gasteiger partial charge is 0.493 e. The summed E-state index contributed by atoms with van der Waals surface area (Å²) < 4.78 is 20.1. The van der Waals surface area contributed by atoms with Gasteiger partial charge in [-0.3, -0.25) is 9.13 Å². The van der Waals surface area contributed by atoms with Crippen molar-refractivity contribution in [3.05, 3.63) is 112 Å². The SMILES string of the molecule is CC1(C)OCc2cc([C@@H](O)CNCCCCCCOCCC#Cc3cccc(-n4cc(O)n(Cc5ccccc5)c4=O)c3)ccc2O1. The van der Waals surface area contributed by atoms with E-state index < -0.39 is 11.9 Å². The molecule has 248 valence electrons. The van der Waals surface area contributed by atoms with Crippen LogP contribution >= 0.6 is 0 Å². The molecule has 0 radical (unpaired) electrons. The van der Waals surface area contributed by atoms with Crippen LogP contribution in [0.25, 0.3) is 5.69 Å². The molecular formula is C38H45N3O6. The number of hydrogen-bond donors (Lipinski definition) is 3. The van der Waals surface area contributed by atoms with Crippen LogP contribution in [0.15, 0.2) is 83.8 Å². The van der Waals surface area contributed by atoms with Crippen LogP contribution < -0.4 is 15.7 Å². The van der Waals surface area contributed by atoms with Gasteiger partial charge >= 0.3 is 5.69 Å². The number of nitrogens with zero attached hydrogens (tertiary/aromatic N) is 2. The summed E-state index contributed by atoms with van der Waals surface area (Å²) in [5.74, 6) is 6.41. The van der Waals surface area contributed by atoms with Crippen molar-refractivity contribution < 1.29 is 24.4 Å². The van der Waals surface area contributed by atoms with E-state index in [4.69, 9.17) is 14.2 Å². The molecule has 0 spiro atoms. The summed E-state index contributed by atoms with van der Waals surface area (Å²) in [4.78, 5) is 13.0. The Morgan fingerprint density at radius 2 is 1.83 bits per heavy atom. The van der Waals surface area contributed by atoms with Crippen molar-refractivity contribution in [2.45, 2.75) is 71.0 Å². The van der Waals surface area contributed by atoms with Gasteiger partial charge in [0.1, 0.15) is 5.75 Å². The zero-order chi connectivity index (χ0) is 33.1. The standard InChI is InChI=1S/C38H45N3O6/c1-38(2)46-28-32-24-31(18-19-35(32)47-38)34(42)25-39-20-9-3-4-10-21-45-22-11-8-13-29-16-12-17-33(23-29)40-27-36(43)41(37(40)44)26-30-14-6-5-7-15-30/h5-7,12,14-19,23-24,27,34,39,42-43H,3-4,9-11,20-22,25-26,28H2,1-2H3/t34-/m0/s1. The van der Waals surface area contributed by atoms with Crippen molar-refractivity contribution in [2.24, 2.45) is 0 Å². The lowest BCUT2D eigenvalue weighted by Crippen LogP contribution is -2.35. The molecule has 9 nitrogen and oxygen atoms in total. The molecule has 47 heavy (non-hydrogen) atoms. The summed E-state index contributed by atoms with van der Waals surface area (Å²) in [6.07, 6.45) is 5.71. The molecule has 0 aliphatic carbocycles. The third kappa shape index (κ3) is 9.83. The highest BCUT2D eigenvalue weighted by Gasteiger charge is 2.27. The molecule has 0 saturated heterocycles. The monoisotopic (exact) mass is 639 g/mol. The second kappa shape index (κ2) is 16.5. The Kier molecular flexibility index (Phi) is 11.9. The van der Waals surface area contributed by atoms with Crippen LogP contribution in [0, 0.1) is 11.8 Å². The van der Waals surface area contributed by atoms with Crippen LogP contribution in [0.3, 0.4) is 0 Å². The number of fused-ring (bicyclic) bond motifs is 1. The highest BCUT2D eigenvalue weighted by Crippen LogP contribution is 2.32. The molecule has 0 fully saturated rings. The first-order valence-electron chi connectivity index (χ1n) is 16.4. The number of rotatable bonds is 15. The Bertz CT molecular complexity index is 1720. The minimum absolute atomic E-state index is 0.0854. The molecule has 1 aliphatic heterocycles. The van der Waals surface area contributed by atoms with Crippen LogP contribution in [-0.4, -0.2) is 51.4 Å². The van der Waals surface area contributed by atoms with Crippen LogP contribution in [0.4, 0.5) is 0 Å². The molecule has 0 unspecified atom stereocenters. The highest BCUT2D eigenvalue weighted by atomic mass is 16.7. The number of ether oxygens (including phenoxy) is 3. The van der Waals surface area contributed by atoms with E-state index in [2.05, 4.69) is 17.2 Å². The van der Waals surface area contributed by atoms with E-state index in [0.717, 1.165) is 60.2 Å². The fourth-order valence-corrected chi connectivity index (χ4v) is 5.42. The molecule has 0 bridgehead atoms. The first-order chi connectivity index (χ1) is 22.8.